The van der Waals surface area contributed by atoms with E-state index >= 15 is 0 Å². The Bertz CT molecular complexity index is 620. The molecule has 1 aliphatic heterocycles. The minimum atomic E-state index is -1.90. The lowest BCUT2D eigenvalue weighted by atomic mass is 9.72. The Kier molecular flexibility index (Phi) is 8.84. The summed E-state index contributed by atoms with van der Waals surface area (Å²) in [7, 11) is 0. The van der Waals surface area contributed by atoms with Gasteiger partial charge in [-0.15, -0.1) is 0 Å². The summed E-state index contributed by atoms with van der Waals surface area (Å²) in [5.74, 6) is -4.26. The minimum absolute atomic E-state index is 0.0276. The third kappa shape index (κ3) is 5.31. The van der Waals surface area contributed by atoms with Gasteiger partial charge in [-0.25, -0.2) is 0 Å². The Morgan fingerprint density at radius 3 is 2.07 bits per heavy atom. The second-order valence-electron chi connectivity index (χ2n) is 9.31. The number of oxime groups is 1. The summed E-state index contributed by atoms with van der Waals surface area (Å²) in [5, 5.41) is 67.0. The van der Waals surface area contributed by atoms with Gasteiger partial charge >= 0.3 is 5.97 Å². The van der Waals surface area contributed by atoms with Gasteiger partial charge in [0.25, 0.3) is 0 Å². The van der Waals surface area contributed by atoms with Gasteiger partial charge in [-0.3, -0.25) is 4.79 Å². The minimum Gasteiger partial charge on any atom is -0.459 e. The maximum absolute atomic E-state index is 12.6. The molecule has 1 saturated heterocycles. The summed E-state index contributed by atoms with van der Waals surface area (Å²) in [6.07, 6.45) is -5.02. The van der Waals surface area contributed by atoms with Crippen LogP contribution in [0.5, 0.6) is 0 Å². The molecule has 0 unspecified atom stereocenters. The Hall–Kier alpha value is -1.26. The molecule has 9 nitrogen and oxygen atoms in total. The van der Waals surface area contributed by atoms with Crippen LogP contribution in [0, 0.1) is 23.7 Å². The van der Waals surface area contributed by atoms with Crippen molar-refractivity contribution in [2.75, 3.05) is 0 Å². The molecule has 0 bridgehead atoms. The van der Waals surface area contributed by atoms with E-state index in [1.165, 1.54) is 27.7 Å². The number of nitrogens with zero attached hydrogens (tertiary/aromatic N) is 1. The lowest BCUT2D eigenvalue weighted by Crippen LogP contribution is -2.57. The molecule has 0 aromatic heterocycles. The molecule has 0 aromatic carbocycles. The van der Waals surface area contributed by atoms with E-state index in [-0.39, 0.29) is 18.6 Å². The Labute approximate surface area is 178 Å². The normalized spacial score (nSPS) is 48.8. The molecule has 0 aliphatic carbocycles. The third-order valence-electron chi connectivity index (χ3n) is 6.96. The van der Waals surface area contributed by atoms with Crippen molar-refractivity contribution in [2.45, 2.75) is 96.9 Å². The van der Waals surface area contributed by atoms with Crippen LogP contribution in [0.15, 0.2) is 5.16 Å². The van der Waals surface area contributed by atoms with E-state index in [1.54, 1.807) is 20.8 Å². The fourth-order valence-corrected chi connectivity index (χ4v) is 4.22. The molecule has 0 saturated carbocycles. The standard InChI is InChI=1S/C21H39NO8/c1-8-15-21(7,28)18(25)11(3)16(22-29)13(5)20(6,27)9-14(23)10(2)17(24)12(4)19(26)30-15/h10-15,17-18,23-25,27-29H,8-9H2,1-7H3/b22-16-/t10-,11+,12-,13-,14-,15+,17-,18+,20+,21-/m1/s1. The van der Waals surface area contributed by atoms with Crippen LogP contribution in [0.3, 0.4) is 0 Å². The number of cyclic esters (lactones) is 1. The molecular weight excluding hydrogens is 394 g/mol. The SMILES string of the molecule is CC[C@@H]1OC(=O)[C@H](C)[C@H](O)[C@H](C)[C@H](O)C[C@](C)(O)[C@H](C)/C(=N\O)[C@H](C)[C@H](O)[C@]1(C)O. The highest BCUT2D eigenvalue weighted by Gasteiger charge is 2.48. The molecule has 6 N–H and O–H groups in total. The lowest BCUT2D eigenvalue weighted by Gasteiger charge is -2.42. The number of carbonyl (C=O) groups is 1. The van der Waals surface area contributed by atoms with Crippen molar-refractivity contribution in [3.63, 3.8) is 0 Å². The number of rotatable bonds is 1. The molecule has 1 heterocycles. The average molecular weight is 434 g/mol. The first-order valence-electron chi connectivity index (χ1n) is 10.5. The van der Waals surface area contributed by atoms with E-state index in [1.807, 2.05) is 0 Å². The van der Waals surface area contributed by atoms with Crippen LogP contribution in [0.1, 0.15) is 61.3 Å². The maximum Gasteiger partial charge on any atom is 0.311 e. The quantitative estimate of drug-likeness (QED) is 0.200. The molecule has 176 valence electrons. The molecular formula is C21H39NO8. The number of aliphatic hydroxyl groups is 5. The highest BCUT2D eigenvalue weighted by molar-refractivity contribution is 5.89. The zero-order valence-corrected chi connectivity index (χ0v) is 19.0. The van der Waals surface area contributed by atoms with Gasteiger partial charge in [0.15, 0.2) is 0 Å². The van der Waals surface area contributed by atoms with Crippen LogP contribution in [0.2, 0.25) is 0 Å². The summed E-state index contributed by atoms with van der Waals surface area (Å²) in [6, 6.07) is 0. The highest BCUT2D eigenvalue weighted by atomic mass is 16.6. The van der Waals surface area contributed by atoms with E-state index in [2.05, 4.69) is 5.16 Å². The predicted molar refractivity (Wildman–Crippen MR) is 110 cm³/mol. The maximum atomic E-state index is 12.6. The van der Waals surface area contributed by atoms with Crippen LogP contribution in [0.4, 0.5) is 0 Å². The van der Waals surface area contributed by atoms with Crippen molar-refractivity contribution in [1.29, 1.82) is 0 Å². The van der Waals surface area contributed by atoms with Gasteiger partial charge in [0.2, 0.25) is 0 Å². The first-order valence-corrected chi connectivity index (χ1v) is 10.5. The average Bonchev–Trinajstić information content (AvgIpc) is 2.68. The van der Waals surface area contributed by atoms with Crippen LogP contribution in [0.25, 0.3) is 0 Å². The summed E-state index contributed by atoms with van der Waals surface area (Å²) in [5.41, 5.74) is -3.43. The van der Waals surface area contributed by atoms with E-state index in [0.717, 1.165) is 0 Å². The third-order valence-corrected chi connectivity index (χ3v) is 6.96. The largest absolute Gasteiger partial charge is 0.459 e. The van der Waals surface area contributed by atoms with Crippen molar-refractivity contribution in [2.24, 2.45) is 28.8 Å². The van der Waals surface area contributed by atoms with E-state index in [4.69, 9.17) is 4.74 Å². The van der Waals surface area contributed by atoms with Gasteiger partial charge in [-0.1, -0.05) is 32.9 Å². The number of ether oxygens (including phenoxy) is 1. The number of hydrogen-bond donors (Lipinski definition) is 6. The van der Waals surface area contributed by atoms with Gasteiger partial charge in [0.05, 0.1) is 35.5 Å². The molecule has 0 aromatic rings. The van der Waals surface area contributed by atoms with Crippen molar-refractivity contribution in [1.82, 2.24) is 0 Å². The first-order chi connectivity index (χ1) is 13.6. The van der Waals surface area contributed by atoms with Gasteiger partial charge in [-0.05, 0) is 27.2 Å². The van der Waals surface area contributed by atoms with Gasteiger partial charge in [0, 0.05) is 24.2 Å². The van der Waals surface area contributed by atoms with Gasteiger partial charge in [0.1, 0.15) is 11.7 Å². The van der Waals surface area contributed by atoms with Crippen molar-refractivity contribution < 1.29 is 40.3 Å². The van der Waals surface area contributed by atoms with Gasteiger partial charge < -0.3 is 35.5 Å². The zero-order valence-electron chi connectivity index (χ0n) is 19.0. The molecule has 0 amide bonds. The number of esters is 1. The van der Waals surface area contributed by atoms with Crippen LogP contribution in [-0.2, 0) is 9.53 Å². The summed E-state index contributed by atoms with van der Waals surface area (Å²) < 4.78 is 5.44. The smallest absolute Gasteiger partial charge is 0.311 e. The van der Waals surface area contributed by atoms with Crippen molar-refractivity contribution in [3.05, 3.63) is 0 Å². The fourth-order valence-electron chi connectivity index (χ4n) is 4.22. The second kappa shape index (κ2) is 9.91. The molecule has 1 rings (SSSR count). The number of carbonyl (C=O) groups excluding carboxylic acids is 1. The first kappa shape index (κ1) is 26.8. The number of aliphatic hydroxyl groups excluding tert-OH is 3. The highest BCUT2D eigenvalue weighted by Crippen LogP contribution is 2.35. The summed E-state index contributed by atoms with van der Waals surface area (Å²) in [4.78, 5) is 12.6. The van der Waals surface area contributed by atoms with E-state index in [9.17, 15) is 35.5 Å². The predicted octanol–water partition coefficient (Wildman–Crippen LogP) is 0.671. The Morgan fingerprint density at radius 2 is 1.60 bits per heavy atom. The fraction of sp³-hybridized carbons (Fsp3) is 0.905. The summed E-state index contributed by atoms with van der Waals surface area (Å²) in [6.45, 7) is 10.6. The van der Waals surface area contributed by atoms with E-state index < -0.39 is 65.3 Å². The molecule has 1 fully saturated rings. The zero-order chi connectivity index (χ0) is 23.6. The molecule has 1 aliphatic rings. The van der Waals surface area contributed by atoms with Crippen molar-refractivity contribution in [3.8, 4) is 0 Å². The molecule has 10 atom stereocenters. The van der Waals surface area contributed by atoms with Crippen LogP contribution < -0.4 is 0 Å². The Balaban J connectivity index is 3.52. The molecule has 0 spiro atoms. The van der Waals surface area contributed by atoms with Crippen LogP contribution in [-0.4, -0.2) is 78.0 Å². The van der Waals surface area contributed by atoms with Crippen molar-refractivity contribution >= 4 is 11.7 Å². The van der Waals surface area contributed by atoms with Crippen LogP contribution >= 0.6 is 0 Å². The monoisotopic (exact) mass is 433 g/mol. The Morgan fingerprint density at radius 1 is 1.07 bits per heavy atom. The topological polar surface area (TPSA) is 160 Å². The summed E-state index contributed by atoms with van der Waals surface area (Å²) >= 11 is 0. The van der Waals surface area contributed by atoms with E-state index in [0.29, 0.717) is 0 Å². The molecule has 0 radical (unpaired) electrons. The lowest BCUT2D eigenvalue weighted by molar-refractivity contribution is -0.190. The number of hydrogen-bond acceptors (Lipinski definition) is 9. The van der Waals surface area contributed by atoms with Gasteiger partial charge in [-0.2, -0.15) is 0 Å². The molecule has 30 heavy (non-hydrogen) atoms. The molecule has 9 heteroatoms. The second-order valence-corrected chi connectivity index (χ2v) is 9.31.